The first kappa shape index (κ1) is 12.9. The third kappa shape index (κ3) is 2.63. The minimum atomic E-state index is -0.108. The van der Waals surface area contributed by atoms with E-state index in [-0.39, 0.29) is 10.8 Å². The maximum atomic E-state index is 5.25. The number of rotatable bonds is 3. The van der Waals surface area contributed by atoms with Gasteiger partial charge in [-0.05, 0) is 0 Å². The molecule has 98 valence electrons. The van der Waals surface area contributed by atoms with Crippen LogP contribution in [0.3, 0.4) is 0 Å². The molecule has 0 fully saturated rings. The van der Waals surface area contributed by atoms with Gasteiger partial charge in [0.05, 0.1) is 11.9 Å². The van der Waals surface area contributed by atoms with E-state index in [0.717, 1.165) is 23.7 Å². The lowest BCUT2D eigenvalue weighted by Gasteiger charge is -2.19. The van der Waals surface area contributed by atoms with E-state index < -0.39 is 0 Å². The van der Waals surface area contributed by atoms with Gasteiger partial charge in [-0.3, -0.25) is 0 Å². The molecule has 0 saturated heterocycles. The van der Waals surface area contributed by atoms with Crippen LogP contribution < -0.4 is 0 Å². The number of hydrogen-bond acceptors (Lipinski definition) is 3. The number of imidazole rings is 1. The molecular weight excluding hydrogens is 226 g/mol. The molecule has 0 saturated carbocycles. The Balaban J connectivity index is 2.17. The Kier molecular flexibility index (Phi) is 3.05. The fourth-order valence-electron chi connectivity index (χ4n) is 1.91. The van der Waals surface area contributed by atoms with Crippen LogP contribution in [0.5, 0.6) is 0 Å². The van der Waals surface area contributed by atoms with E-state index in [1.54, 1.807) is 6.20 Å². The van der Waals surface area contributed by atoms with Crippen LogP contribution in [0.1, 0.15) is 51.9 Å². The quantitative estimate of drug-likeness (QED) is 0.906. The number of aromatic amines is 1. The molecule has 0 aliphatic carbocycles. The zero-order valence-electron chi connectivity index (χ0n) is 11.7. The summed E-state index contributed by atoms with van der Waals surface area (Å²) in [4.78, 5) is 7.92. The molecule has 0 unspecified atom stereocenters. The monoisotopic (exact) mass is 247 g/mol. The average Bonchev–Trinajstić information content (AvgIpc) is 2.83. The molecule has 0 amide bonds. The van der Waals surface area contributed by atoms with Gasteiger partial charge in [-0.15, -0.1) is 0 Å². The molecule has 1 N–H and O–H groups in total. The SMILES string of the molecule is CC(C)(C)c1c[nH]c(CC(C)(C)c2ccno2)n1. The molecule has 0 radical (unpaired) electrons. The molecule has 0 bridgehead atoms. The van der Waals surface area contributed by atoms with Gasteiger partial charge in [-0.2, -0.15) is 0 Å². The number of nitrogens with one attached hydrogen (secondary N) is 1. The van der Waals surface area contributed by atoms with Crippen molar-refractivity contribution < 1.29 is 4.52 Å². The molecule has 0 spiro atoms. The van der Waals surface area contributed by atoms with Gasteiger partial charge in [0.2, 0.25) is 0 Å². The molecule has 2 heterocycles. The molecule has 4 nitrogen and oxygen atoms in total. The van der Waals surface area contributed by atoms with E-state index in [1.807, 2.05) is 12.3 Å². The van der Waals surface area contributed by atoms with Gasteiger partial charge in [0.1, 0.15) is 11.6 Å². The van der Waals surface area contributed by atoms with Crippen molar-refractivity contribution in [2.24, 2.45) is 0 Å². The fourth-order valence-corrected chi connectivity index (χ4v) is 1.91. The van der Waals surface area contributed by atoms with Crippen molar-refractivity contribution in [1.82, 2.24) is 15.1 Å². The second-order valence-electron chi connectivity index (χ2n) is 6.42. The van der Waals surface area contributed by atoms with Gasteiger partial charge in [-0.1, -0.05) is 39.8 Å². The van der Waals surface area contributed by atoms with Gasteiger partial charge in [0, 0.05) is 29.5 Å². The highest BCUT2D eigenvalue weighted by molar-refractivity contribution is 5.16. The molecule has 4 heteroatoms. The van der Waals surface area contributed by atoms with Crippen molar-refractivity contribution in [2.45, 2.75) is 51.9 Å². The second kappa shape index (κ2) is 4.26. The van der Waals surface area contributed by atoms with Gasteiger partial charge in [0.15, 0.2) is 0 Å². The maximum Gasteiger partial charge on any atom is 0.142 e. The van der Waals surface area contributed by atoms with Crippen LogP contribution in [0.15, 0.2) is 23.0 Å². The Hall–Kier alpha value is -1.58. The van der Waals surface area contributed by atoms with Crippen LogP contribution in [-0.4, -0.2) is 15.1 Å². The summed E-state index contributed by atoms with van der Waals surface area (Å²) in [6, 6.07) is 1.91. The Morgan fingerprint density at radius 1 is 1.22 bits per heavy atom. The van der Waals surface area contributed by atoms with E-state index in [0.29, 0.717) is 0 Å². The highest BCUT2D eigenvalue weighted by atomic mass is 16.5. The molecule has 0 aliphatic rings. The number of nitrogens with zero attached hydrogens (tertiary/aromatic N) is 2. The van der Waals surface area contributed by atoms with Crippen LogP contribution >= 0.6 is 0 Å². The van der Waals surface area contributed by atoms with E-state index in [4.69, 9.17) is 4.52 Å². The van der Waals surface area contributed by atoms with Gasteiger partial charge >= 0.3 is 0 Å². The third-order valence-corrected chi connectivity index (χ3v) is 3.11. The first-order valence-electron chi connectivity index (χ1n) is 6.25. The van der Waals surface area contributed by atoms with Gasteiger partial charge in [0.25, 0.3) is 0 Å². The Bertz CT molecular complexity index is 503. The van der Waals surface area contributed by atoms with E-state index in [2.05, 4.69) is 49.7 Å². The number of aromatic nitrogens is 3. The van der Waals surface area contributed by atoms with Crippen molar-refractivity contribution >= 4 is 0 Å². The lowest BCUT2D eigenvalue weighted by molar-refractivity contribution is 0.312. The first-order chi connectivity index (χ1) is 8.29. The van der Waals surface area contributed by atoms with Crippen molar-refractivity contribution in [3.63, 3.8) is 0 Å². The number of hydrogen-bond donors (Lipinski definition) is 1. The normalized spacial score (nSPS) is 12.9. The summed E-state index contributed by atoms with van der Waals surface area (Å²) in [6.07, 6.45) is 4.48. The minimum Gasteiger partial charge on any atom is -0.361 e. The summed E-state index contributed by atoms with van der Waals surface area (Å²) >= 11 is 0. The largest absolute Gasteiger partial charge is 0.361 e. The third-order valence-electron chi connectivity index (χ3n) is 3.11. The highest BCUT2D eigenvalue weighted by Crippen LogP contribution is 2.27. The summed E-state index contributed by atoms with van der Waals surface area (Å²) in [7, 11) is 0. The predicted molar refractivity (Wildman–Crippen MR) is 70.5 cm³/mol. The van der Waals surface area contributed by atoms with E-state index in [1.165, 1.54) is 0 Å². The molecule has 0 aromatic carbocycles. The Labute approximate surface area is 108 Å². The van der Waals surface area contributed by atoms with Crippen LogP contribution in [0.4, 0.5) is 0 Å². The average molecular weight is 247 g/mol. The molecule has 18 heavy (non-hydrogen) atoms. The number of H-pyrrole nitrogens is 1. The molecular formula is C14H21N3O. The van der Waals surface area contributed by atoms with Gasteiger partial charge in [-0.25, -0.2) is 4.98 Å². The van der Waals surface area contributed by atoms with E-state index >= 15 is 0 Å². The smallest absolute Gasteiger partial charge is 0.142 e. The molecule has 0 atom stereocenters. The van der Waals surface area contributed by atoms with Crippen molar-refractivity contribution in [2.75, 3.05) is 0 Å². The van der Waals surface area contributed by atoms with Crippen LogP contribution in [0, 0.1) is 0 Å². The van der Waals surface area contributed by atoms with Crippen molar-refractivity contribution in [3.8, 4) is 0 Å². The lowest BCUT2D eigenvalue weighted by Crippen LogP contribution is -2.21. The summed E-state index contributed by atoms with van der Waals surface area (Å²) in [5, 5.41) is 3.77. The minimum absolute atomic E-state index is 0.0745. The van der Waals surface area contributed by atoms with Crippen LogP contribution in [0.2, 0.25) is 0 Å². The maximum absolute atomic E-state index is 5.25. The van der Waals surface area contributed by atoms with Crippen molar-refractivity contribution in [1.29, 1.82) is 0 Å². The van der Waals surface area contributed by atoms with Crippen LogP contribution in [0.25, 0.3) is 0 Å². The topological polar surface area (TPSA) is 54.7 Å². The molecule has 0 aliphatic heterocycles. The summed E-state index contributed by atoms with van der Waals surface area (Å²) in [5.74, 6) is 1.87. The summed E-state index contributed by atoms with van der Waals surface area (Å²) in [6.45, 7) is 10.7. The van der Waals surface area contributed by atoms with Crippen molar-refractivity contribution in [3.05, 3.63) is 35.7 Å². The molecule has 2 rings (SSSR count). The van der Waals surface area contributed by atoms with Gasteiger partial charge < -0.3 is 9.51 Å². The fraction of sp³-hybridized carbons (Fsp3) is 0.571. The zero-order chi connectivity index (χ0) is 13.4. The van der Waals surface area contributed by atoms with E-state index in [9.17, 15) is 0 Å². The first-order valence-corrected chi connectivity index (χ1v) is 6.25. The summed E-state index contributed by atoms with van der Waals surface area (Å²) in [5.41, 5.74) is 1.06. The standard InChI is InChI=1S/C14H21N3O/c1-13(2,3)10-9-15-12(17-10)8-14(4,5)11-6-7-16-18-11/h6-7,9H,8H2,1-5H3,(H,15,17). The Morgan fingerprint density at radius 3 is 2.44 bits per heavy atom. The van der Waals surface area contributed by atoms with Crippen LogP contribution in [-0.2, 0) is 17.3 Å². The summed E-state index contributed by atoms with van der Waals surface area (Å²) < 4.78 is 5.25. The zero-order valence-corrected chi connectivity index (χ0v) is 11.7. The second-order valence-corrected chi connectivity index (χ2v) is 6.42. The highest BCUT2D eigenvalue weighted by Gasteiger charge is 2.27. The molecule has 2 aromatic rings. The lowest BCUT2D eigenvalue weighted by atomic mass is 9.86. The predicted octanol–water partition coefficient (Wildman–Crippen LogP) is 3.22. The Morgan fingerprint density at radius 2 is 1.94 bits per heavy atom. The molecule has 2 aromatic heterocycles.